The molecule has 0 saturated carbocycles. The summed E-state index contributed by atoms with van der Waals surface area (Å²) in [7, 11) is -3.82. The summed E-state index contributed by atoms with van der Waals surface area (Å²) in [5, 5.41) is 7.26. The Balaban J connectivity index is 1.33. The fraction of sp³-hybridized carbons (Fsp3) is 0.333. The van der Waals surface area contributed by atoms with Gasteiger partial charge >= 0.3 is 0 Å². The number of hydrogen-bond donors (Lipinski definition) is 3. The number of nitrogens with zero attached hydrogens (tertiary/aromatic N) is 1. The fourth-order valence-electron chi connectivity index (χ4n) is 4.85. The molecule has 0 aliphatic carbocycles. The van der Waals surface area contributed by atoms with E-state index >= 15 is 0 Å². The van der Waals surface area contributed by atoms with Gasteiger partial charge in [0.1, 0.15) is 0 Å². The maximum Gasteiger partial charge on any atom is 0.255 e. The molecule has 0 spiro atoms. The number of piperidine rings is 1. The van der Waals surface area contributed by atoms with Crippen molar-refractivity contribution in [1.82, 2.24) is 14.9 Å². The van der Waals surface area contributed by atoms with E-state index in [0.717, 1.165) is 18.5 Å². The minimum absolute atomic E-state index is 0.0885. The van der Waals surface area contributed by atoms with Crippen LogP contribution in [0.4, 0.5) is 5.69 Å². The third kappa shape index (κ3) is 4.86. The van der Waals surface area contributed by atoms with Crippen LogP contribution in [0.5, 0.6) is 0 Å². The molecule has 3 aromatic rings. The summed E-state index contributed by atoms with van der Waals surface area (Å²) < 4.78 is 29.7. The van der Waals surface area contributed by atoms with E-state index in [0.29, 0.717) is 48.0 Å². The Morgan fingerprint density at radius 2 is 1.58 bits per heavy atom. The van der Waals surface area contributed by atoms with Gasteiger partial charge in [0.15, 0.2) is 0 Å². The van der Waals surface area contributed by atoms with Crippen LogP contribution < -0.4 is 15.4 Å². The molecule has 9 heteroatoms. The summed E-state index contributed by atoms with van der Waals surface area (Å²) >= 11 is 0. The molecule has 1 atom stereocenters. The van der Waals surface area contributed by atoms with Crippen molar-refractivity contribution >= 4 is 38.3 Å². The standard InChI is InChI=1S/C27H30N4O4S/c1-18-6-2-3-7-20(18)26(32)29-23-10-11-25(22-9-5-4-8-21(22)23)36(34,35)30-19-13-16-31(17-14-19)27(33)24-12-15-28-24/h2-11,19,24,28,30H,12-17H2,1H3,(H,29,32). The van der Waals surface area contributed by atoms with Crippen LogP contribution in [0.25, 0.3) is 10.8 Å². The highest BCUT2D eigenvalue weighted by molar-refractivity contribution is 7.89. The lowest BCUT2D eigenvalue weighted by molar-refractivity contribution is -0.136. The first-order valence-electron chi connectivity index (χ1n) is 12.3. The molecule has 2 aliphatic heterocycles. The van der Waals surface area contributed by atoms with Crippen molar-refractivity contribution < 1.29 is 18.0 Å². The second-order valence-corrected chi connectivity index (χ2v) is 11.1. The second-order valence-electron chi connectivity index (χ2n) is 9.44. The van der Waals surface area contributed by atoms with Crippen LogP contribution in [0.2, 0.25) is 0 Å². The largest absolute Gasteiger partial charge is 0.341 e. The zero-order valence-electron chi connectivity index (χ0n) is 20.2. The molecule has 2 saturated heterocycles. The third-order valence-corrected chi connectivity index (χ3v) is 8.64. The first-order valence-corrected chi connectivity index (χ1v) is 13.7. The average molecular weight is 507 g/mol. The summed E-state index contributed by atoms with van der Waals surface area (Å²) in [4.78, 5) is 27.3. The van der Waals surface area contributed by atoms with Crippen LogP contribution in [0.15, 0.2) is 65.6 Å². The molecule has 8 nitrogen and oxygen atoms in total. The maximum absolute atomic E-state index is 13.4. The average Bonchev–Trinajstić information content (AvgIpc) is 2.83. The van der Waals surface area contributed by atoms with Crippen molar-refractivity contribution in [2.24, 2.45) is 0 Å². The van der Waals surface area contributed by atoms with Gasteiger partial charge in [-0.2, -0.15) is 0 Å². The number of sulfonamides is 1. The van der Waals surface area contributed by atoms with Crippen LogP contribution in [0.1, 0.15) is 35.2 Å². The molecule has 0 radical (unpaired) electrons. The first-order chi connectivity index (χ1) is 17.3. The van der Waals surface area contributed by atoms with Gasteiger partial charge in [-0.05, 0) is 56.5 Å². The van der Waals surface area contributed by atoms with Gasteiger partial charge in [0.25, 0.3) is 5.91 Å². The number of aryl methyl sites for hydroxylation is 1. The van der Waals surface area contributed by atoms with Crippen LogP contribution in [-0.2, 0) is 14.8 Å². The predicted molar refractivity (Wildman–Crippen MR) is 139 cm³/mol. The Bertz CT molecular complexity index is 1410. The van der Waals surface area contributed by atoms with Crippen LogP contribution in [0, 0.1) is 6.92 Å². The number of carbonyl (C=O) groups excluding carboxylic acids is 2. The molecule has 0 aromatic heterocycles. The van der Waals surface area contributed by atoms with Crippen molar-refractivity contribution in [1.29, 1.82) is 0 Å². The number of anilines is 1. The molecular formula is C27H30N4O4S. The number of benzene rings is 3. The van der Waals surface area contributed by atoms with E-state index in [-0.39, 0.29) is 28.8 Å². The Morgan fingerprint density at radius 1 is 0.917 bits per heavy atom. The normalized spacial score (nSPS) is 18.6. The van der Waals surface area contributed by atoms with Crippen molar-refractivity contribution in [2.45, 2.75) is 43.2 Å². The van der Waals surface area contributed by atoms with Gasteiger partial charge in [0.05, 0.1) is 10.9 Å². The number of hydrogen-bond acceptors (Lipinski definition) is 5. The number of nitrogens with one attached hydrogen (secondary N) is 3. The molecule has 36 heavy (non-hydrogen) atoms. The van der Waals surface area contributed by atoms with E-state index in [2.05, 4.69) is 15.4 Å². The lowest BCUT2D eigenvalue weighted by Gasteiger charge is -2.37. The van der Waals surface area contributed by atoms with Crippen LogP contribution in [-0.4, -0.2) is 56.9 Å². The van der Waals surface area contributed by atoms with E-state index in [1.54, 1.807) is 36.4 Å². The van der Waals surface area contributed by atoms with Crippen LogP contribution >= 0.6 is 0 Å². The zero-order chi connectivity index (χ0) is 25.3. The maximum atomic E-state index is 13.4. The predicted octanol–water partition coefficient (Wildman–Crippen LogP) is 3.03. The number of amides is 2. The highest BCUT2D eigenvalue weighted by Gasteiger charge is 2.32. The number of rotatable bonds is 6. The molecule has 2 amide bonds. The fourth-order valence-corrected chi connectivity index (χ4v) is 6.37. The molecule has 2 aliphatic rings. The highest BCUT2D eigenvalue weighted by atomic mass is 32.2. The Labute approximate surface area is 211 Å². The highest BCUT2D eigenvalue weighted by Crippen LogP contribution is 2.30. The van der Waals surface area contributed by atoms with Gasteiger partial charge in [-0.1, -0.05) is 42.5 Å². The van der Waals surface area contributed by atoms with E-state index in [1.807, 2.05) is 36.1 Å². The van der Waals surface area contributed by atoms with Crippen molar-refractivity contribution in [3.63, 3.8) is 0 Å². The summed E-state index contributed by atoms with van der Waals surface area (Å²) in [6.07, 6.45) is 2.00. The van der Waals surface area contributed by atoms with Crippen molar-refractivity contribution in [3.8, 4) is 0 Å². The molecule has 0 bridgehead atoms. The van der Waals surface area contributed by atoms with Gasteiger partial charge < -0.3 is 15.5 Å². The number of likely N-dealkylation sites (tertiary alicyclic amines) is 1. The molecule has 188 valence electrons. The number of fused-ring (bicyclic) bond motifs is 1. The minimum atomic E-state index is -3.82. The van der Waals surface area contributed by atoms with E-state index < -0.39 is 10.0 Å². The summed E-state index contributed by atoms with van der Waals surface area (Å²) in [5.41, 5.74) is 1.98. The molecule has 3 aromatic carbocycles. The third-order valence-electron chi connectivity index (χ3n) is 7.06. The van der Waals surface area contributed by atoms with Gasteiger partial charge in [0, 0.05) is 41.2 Å². The first kappa shape index (κ1) is 24.4. The summed E-state index contributed by atoms with van der Waals surface area (Å²) in [5.74, 6) is -0.137. The number of carbonyl (C=O) groups is 2. The van der Waals surface area contributed by atoms with E-state index in [1.165, 1.54) is 0 Å². The van der Waals surface area contributed by atoms with Gasteiger partial charge in [0.2, 0.25) is 15.9 Å². The Morgan fingerprint density at radius 3 is 2.25 bits per heavy atom. The molecule has 2 heterocycles. The van der Waals surface area contributed by atoms with E-state index in [9.17, 15) is 18.0 Å². The topological polar surface area (TPSA) is 108 Å². The van der Waals surface area contributed by atoms with E-state index in [4.69, 9.17) is 0 Å². The van der Waals surface area contributed by atoms with Gasteiger partial charge in [-0.3, -0.25) is 9.59 Å². The molecule has 3 N–H and O–H groups in total. The molecule has 5 rings (SSSR count). The Hall–Kier alpha value is -3.27. The SMILES string of the molecule is Cc1ccccc1C(=O)Nc1ccc(S(=O)(=O)NC2CCN(C(=O)C3CCN3)CC2)c2ccccc12. The lowest BCUT2D eigenvalue weighted by Crippen LogP contribution is -2.57. The smallest absolute Gasteiger partial charge is 0.255 e. The van der Waals surface area contributed by atoms with Crippen LogP contribution in [0.3, 0.4) is 0 Å². The molecule has 2 fully saturated rings. The minimum Gasteiger partial charge on any atom is -0.341 e. The lowest BCUT2D eigenvalue weighted by atomic mass is 10.0. The quantitative estimate of drug-likeness (QED) is 0.476. The molecule has 1 unspecified atom stereocenters. The zero-order valence-corrected chi connectivity index (χ0v) is 21.0. The van der Waals surface area contributed by atoms with Crippen molar-refractivity contribution in [3.05, 3.63) is 71.8 Å². The van der Waals surface area contributed by atoms with Crippen molar-refractivity contribution in [2.75, 3.05) is 25.0 Å². The molecular weight excluding hydrogens is 476 g/mol. The summed E-state index contributed by atoms with van der Waals surface area (Å²) in [6.45, 7) is 3.82. The summed E-state index contributed by atoms with van der Waals surface area (Å²) in [6, 6.07) is 17.3. The van der Waals surface area contributed by atoms with Gasteiger partial charge in [-0.15, -0.1) is 0 Å². The second kappa shape index (κ2) is 10.0. The Kier molecular flexibility index (Phi) is 6.79. The monoisotopic (exact) mass is 506 g/mol. The van der Waals surface area contributed by atoms with Gasteiger partial charge in [-0.25, -0.2) is 13.1 Å².